The molecule has 0 saturated carbocycles. The summed E-state index contributed by atoms with van der Waals surface area (Å²) in [6, 6.07) is 10.4. The standard InChI is InChI=1S/C27H18F2N2O7S2/c28-18-4-1-13(8-19(18)29)14-7-15(24-21(9-14)37-12-38-24)10-22-25(34)31(27(39)40-22)6-5-23(33)30-16-2-3-17(26(35)36)20(32)11-16/h1-4,7-11,32H,5-6,12H2,(H,30,33)(H,35,36)/b22-10-. The van der Waals surface area contributed by atoms with Gasteiger partial charge in [-0.25, -0.2) is 13.6 Å². The number of anilines is 1. The molecule has 9 nitrogen and oxygen atoms in total. The van der Waals surface area contributed by atoms with E-state index in [2.05, 4.69) is 5.32 Å². The van der Waals surface area contributed by atoms with Gasteiger partial charge in [0.05, 0.1) is 4.91 Å². The van der Waals surface area contributed by atoms with Crippen molar-refractivity contribution in [2.45, 2.75) is 6.42 Å². The smallest absolute Gasteiger partial charge is 0.339 e. The Bertz CT molecular complexity index is 1630. The molecule has 0 radical (unpaired) electrons. The van der Waals surface area contributed by atoms with Gasteiger partial charge in [0.25, 0.3) is 5.91 Å². The SMILES string of the molecule is O=C(CCN1C(=O)/C(=C/c2cc(-c3ccc(F)c(F)c3)cc3c2OCO3)SC1=S)Nc1ccc(C(=O)O)c(O)c1. The summed E-state index contributed by atoms with van der Waals surface area (Å²) in [7, 11) is 0. The van der Waals surface area contributed by atoms with Crippen LogP contribution in [0.3, 0.4) is 0 Å². The molecule has 0 bridgehead atoms. The van der Waals surface area contributed by atoms with Gasteiger partial charge in [-0.1, -0.05) is 30.0 Å². The molecule has 1 saturated heterocycles. The number of hydrogen-bond acceptors (Lipinski definition) is 8. The number of amides is 2. The second-order valence-electron chi connectivity index (χ2n) is 8.60. The van der Waals surface area contributed by atoms with Crippen LogP contribution >= 0.6 is 24.0 Å². The van der Waals surface area contributed by atoms with Gasteiger partial charge in [-0.2, -0.15) is 0 Å². The summed E-state index contributed by atoms with van der Waals surface area (Å²) in [5, 5.41) is 21.3. The predicted molar refractivity (Wildman–Crippen MR) is 146 cm³/mol. The van der Waals surface area contributed by atoms with Crippen molar-refractivity contribution >= 4 is 57.8 Å². The van der Waals surface area contributed by atoms with E-state index in [0.29, 0.717) is 28.2 Å². The lowest BCUT2D eigenvalue weighted by Gasteiger charge is -2.14. The summed E-state index contributed by atoms with van der Waals surface area (Å²) < 4.78 is 38.6. The maximum absolute atomic E-state index is 13.8. The molecule has 2 aliphatic rings. The molecular weight excluding hydrogens is 566 g/mol. The number of rotatable bonds is 7. The van der Waals surface area contributed by atoms with Crippen LogP contribution in [0.5, 0.6) is 17.2 Å². The number of phenols is 1. The van der Waals surface area contributed by atoms with Gasteiger partial charge in [0.15, 0.2) is 23.1 Å². The number of hydrogen-bond donors (Lipinski definition) is 3. The molecule has 0 unspecified atom stereocenters. The Balaban J connectivity index is 1.31. The Morgan fingerprint density at radius 1 is 1.07 bits per heavy atom. The number of benzene rings is 3. The summed E-state index contributed by atoms with van der Waals surface area (Å²) >= 11 is 6.38. The van der Waals surface area contributed by atoms with Crippen molar-refractivity contribution in [1.82, 2.24) is 4.90 Å². The Morgan fingerprint density at radius 2 is 1.88 bits per heavy atom. The number of nitrogens with one attached hydrogen (secondary N) is 1. The minimum atomic E-state index is -1.31. The zero-order valence-corrected chi connectivity index (χ0v) is 21.9. The fourth-order valence-corrected chi connectivity index (χ4v) is 5.35. The number of nitrogens with zero attached hydrogens (tertiary/aromatic N) is 1. The lowest BCUT2D eigenvalue weighted by atomic mass is 10.0. The molecule has 204 valence electrons. The second-order valence-corrected chi connectivity index (χ2v) is 10.3. The van der Waals surface area contributed by atoms with Crippen LogP contribution in [0.2, 0.25) is 0 Å². The highest BCUT2D eigenvalue weighted by molar-refractivity contribution is 8.26. The molecule has 0 spiro atoms. The Morgan fingerprint density at radius 3 is 2.60 bits per heavy atom. The van der Waals surface area contributed by atoms with E-state index in [1.165, 1.54) is 17.0 Å². The molecule has 3 aromatic rings. The summed E-state index contributed by atoms with van der Waals surface area (Å²) in [6.07, 6.45) is 1.43. The van der Waals surface area contributed by atoms with Crippen LogP contribution in [-0.2, 0) is 9.59 Å². The van der Waals surface area contributed by atoms with Crippen LogP contribution in [0.15, 0.2) is 53.4 Å². The zero-order chi connectivity index (χ0) is 28.6. The van der Waals surface area contributed by atoms with E-state index < -0.39 is 35.2 Å². The third-order valence-corrected chi connectivity index (χ3v) is 7.37. The zero-order valence-electron chi connectivity index (χ0n) is 20.3. The molecule has 0 aliphatic carbocycles. The number of carboxylic acid groups (broad SMARTS) is 1. The number of halogens is 2. The average molecular weight is 585 g/mol. The summed E-state index contributed by atoms with van der Waals surface area (Å²) in [5.74, 6) is -3.94. The Hall–Kier alpha value is -4.49. The molecule has 5 rings (SSSR count). The summed E-state index contributed by atoms with van der Waals surface area (Å²) in [6.45, 7) is -0.0794. The van der Waals surface area contributed by atoms with Crippen LogP contribution in [0, 0.1) is 11.6 Å². The van der Waals surface area contributed by atoms with Crippen LogP contribution in [0.4, 0.5) is 14.5 Å². The average Bonchev–Trinajstić information content (AvgIpc) is 3.48. The van der Waals surface area contributed by atoms with E-state index in [1.54, 1.807) is 18.2 Å². The summed E-state index contributed by atoms with van der Waals surface area (Å²) in [4.78, 5) is 38.1. The van der Waals surface area contributed by atoms with E-state index in [1.807, 2.05) is 0 Å². The Labute approximate surface area is 235 Å². The van der Waals surface area contributed by atoms with Crippen molar-refractivity contribution < 1.29 is 42.9 Å². The van der Waals surface area contributed by atoms with Crippen LogP contribution < -0.4 is 14.8 Å². The first-order chi connectivity index (χ1) is 19.1. The molecule has 2 heterocycles. The van der Waals surface area contributed by atoms with Gasteiger partial charge in [-0.05, 0) is 53.6 Å². The van der Waals surface area contributed by atoms with Crippen LogP contribution in [0.25, 0.3) is 17.2 Å². The molecule has 13 heteroatoms. The van der Waals surface area contributed by atoms with Crippen molar-refractivity contribution in [3.8, 4) is 28.4 Å². The fraction of sp³-hybridized carbons (Fsp3) is 0.111. The van der Waals surface area contributed by atoms with Gasteiger partial charge < -0.3 is 25.0 Å². The Kier molecular flexibility index (Phi) is 7.41. The highest BCUT2D eigenvalue weighted by atomic mass is 32.2. The van der Waals surface area contributed by atoms with E-state index in [9.17, 15) is 28.3 Å². The lowest BCUT2D eigenvalue weighted by molar-refractivity contribution is -0.122. The first kappa shape index (κ1) is 27.1. The van der Waals surface area contributed by atoms with Gasteiger partial charge in [-0.3, -0.25) is 14.5 Å². The number of thiocarbonyl (C=S) groups is 1. The number of carboxylic acids is 1. The van der Waals surface area contributed by atoms with E-state index in [-0.39, 0.29) is 40.2 Å². The van der Waals surface area contributed by atoms with Crippen LogP contribution in [-0.4, -0.2) is 50.6 Å². The third-order valence-electron chi connectivity index (χ3n) is 5.99. The normalized spacial score (nSPS) is 15.2. The van der Waals surface area contributed by atoms with Crippen molar-refractivity contribution in [2.75, 3.05) is 18.7 Å². The van der Waals surface area contributed by atoms with Crippen LogP contribution in [0.1, 0.15) is 22.3 Å². The lowest BCUT2D eigenvalue weighted by Crippen LogP contribution is -2.31. The molecule has 3 N–H and O–H groups in total. The quantitative estimate of drug-likeness (QED) is 0.260. The predicted octanol–water partition coefficient (Wildman–Crippen LogP) is 4.99. The monoisotopic (exact) mass is 584 g/mol. The first-order valence-corrected chi connectivity index (χ1v) is 12.8. The van der Waals surface area contributed by atoms with Gasteiger partial charge in [-0.15, -0.1) is 0 Å². The molecule has 3 aromatic carbocycles. The van der Waals surface area contributed by atoms with Crippen molar-refractivity contribution in [1.29, 1.82) is 0 Å². The van der Waals surface area contributed by atoms with Gasteiger partial charge >= 0.3 is 5.97 Å². The maximum Gasteiger partial charge on any atom is 0.339 e. The van der Waals surface area contributed by atoms with E-state index in [0.717, 1.165) is 36.0 Å². The van der Waals surface area contributed by atoms with Crippen molar-refractivity contribution in [3.63, 3.8) is 0 Å². The third kappa shape index (κ3) is 5.46. The van der Waals surface area contributed by atoms with E-state index >= 15 is 0 Å². The van der Waals surface area contributed by atoms with Crippen molar-refractivity contribution in [2.24, 2.45) is 0 Å². The molecule has 2 amide bonds. The highest BCUT2D eigenvalue weighted by Gasteiger charge is 2.33. The number of carbonyl (C=O) groups excluding carboxylic acids is 2. The van der Waals surface area contributed by atoms with Gasteiger partial charge in [0, 0.05) is 30.3 Å². The first-order valence-electron chi connectivity index (χ1n) is 11.6. The number of ether oxygens (including phenoxy) is 2. The minimum Gasteiger partial charge on any atom is -0.507 e. The molecule has 0 aromatic heterocycles. The van der Waals surface area contributed by atoms with Gasteiger partial charge in [0.2, 0.25) is 12.7 Å². The van der Waals surface area contributed by atoms with E-state index in [4.69, 9.17) is 26.8 Å². The van der Waals surface area contributed by atoms with Crippen molar-refractivity contribution in [3.05, 3.63) is 76.2 Å². The number of thioether (sulfide) groups is 1. The second kappa shape index (κ2) is 10.9. The molecule has 40 heavy (non-hydrogen) atoms. The number of aromatic hydroxyl groups is 1. The number of aromatic carboxylic acids is 1. The summed E-state index contributed by atoms with van der Waals surface area (Å²) in [5.41, 5.74) is 1.27. The van der Waals surface area contributed by atoms with Gasteiger partial charge in [0.1, 0.15) is 15.6 Å². The maximum atomic E-state index is 13.8. The topological polar surface area (TPSA) is 125 Å². The molecule has 0 atom stereocenters. The molecular formula is C27H18F2N2O7S2. The fourth-order valence-electron chi connectivity index (χ4n) is 4.05. The highest BCUT2D eigenvalue weighted by Crippen LogP contribution is 2.43. The molecule has 2 aliphatic heterocycles. The largest absolute Gasteiger partial charge is 0.507 e. The number of fused-ring (bicyclic) bond motifs is 1. The minimum absolute atomic E-state index is 0.0281. The number of carbonyl (C=O) groups is 3. The molecule has 1 fully saturated rings.